The lowest BCUT2D eigenvalue weighted by atomic mass is 10.1. The molecular weight excluding hydrogens is 334 g/mol. The fourth-order valence-electron chi connectivity index (χ4n) is 3.24. The Morgan fingerprint density at radius 1 is 0.880 bits per heavy atom. The SMILES string of the molecule is O=C(c1ccccc1Cl)N1CCN(c2ccc3ccccc3[nH+]2)CC1. The summed E-state index contributed by atoms with van der Waals surface area (Å²) in [5.41, 5.74) is 1.70. The van der Waals surface area contributed by atoms with E-state index < -0.39 is 0 Å². The number of nitrogens with zero attached hydrogens (tertiary/aromatic N) is 2. The van der Waals surface area contributed by atoms with Gasteiger partial charge >= 0.3 is 0 Å². The number of nitrogens with one attached hydrogen (secondary N) is 1. The molecule has 3 aromatic rings. The first-order valence-electron chi connectivity index (χ1n) is 8.42. The summed E-state index contributed by atoms with van der Waals surface area (Å²) in [7, 11) is 0. The summed E-state index contributed by atoms with van der Waals surface area (Å²) >= 11 is 6.16. The second kappa shape index (κ2) is 6.73. The van der Waals surface area contributed by atoms with Crippen LogP contribution in [0.4, 0.5) is 5.82 Å². The van der Waals surface area contributed by atoms with E-state index in [0.717, 1.165) is 24.4 Å². The largest absolute Gasteiger partial charge is 0.331 e. The monoisotopic (exact) mass is 352 g/mol. The Kier molecular flexibility index (Phi) is 4.28. The van der Waals surface area contributed by atoms with E-state index in [4.69, 9.17) is 11.6 Å². The molecule has 1 aromatic heterocycles. The molecule has 1 N–H and O–H groups in total. The van der Waals surface area contributed by atoms with Crippen LogP contribution < -0.4 is 9.88 Å². The van der Waals surface area contributed by atoms with Gasteiger partial charge in [-0.1, -0.05) is 41.9 Å². The highest BCUT2D eigenvalue weighted by Gasteiger charge is 2.27. The Labute approximate surface area is 151 Å². The number of rotatable bonds is 2. The van der Waals surface area contributed by atoms with E-state index in [9.17, 15) is 4.79 Å². The molecule has 4 rings (SSSR count). The molecule has 0 spiro atoms. The zero-order chi connectivity index (χ0) is 17.2. The average molecular weight is 353 g/mol. The molecule has 1 aliphatic heterocycles. The quantitative estimate of drug-likeness (QED) is 0.710. The lowest BCUT2D eigenvalue weighted by Gasteiger charge is -2.31. The Morgan fingerprint density at radius 2 is 1.60 bits per heavy atom. The number of aromatic amines is 1. The van der Waals surface area contributed by atoms with Crippen molar-refractivity contribution in [3.8, 4) is 0 Å². The van der Waals surface area contributed by atoms with Crippen LogP contribution >= 0.6 is 11.6 Å². The Hall–Kier alpha value is -2.59. The van der Waals surface area contributed by atoms with Crippen molar-refractivity contribution in [1.29, 1.82) is 0 Å². The fraction of sp³-hybridized carbons (Fsp3) is 0.200. The number of pyridine rings is 1. The van der Waals surface area contributed by atoms with Crippen LogP contribution in [0.15, 0.2) is 60.7 Å². The molecule has 2 aromatic carbocycles. The Bertz CT molecular complexity index is 919. The van der Waals surface area contributed by atoms with E-state index in [1.165, 1.54) is 5.39 Å². The third-order valence-corrected chi connectivity index (χ3v) is 4.99. The first-order chi connectivity index (χ1) is 12.2. The van der Waals surface area contributed by atoms with Gasteiger partial charge < -0.3 is 4.90 Å². The molecule has 0 bridgehead atoms. The van der Waals surface area contributed by atoms with Gasteiger partial charge in [-0.3, -0.25) is 9.69 Å². The smallest absolute Gasteiger partial charge is 0.274 e. The normalized spacial score (nSPS) is 14.8. The van der Waals surface area contributed by atoms with Crippen molar-refractivity contribution < 1.29 is 9.78 Å². The second-order valence-electron chi connectivity index (χ2n) is 6.19. The van der Waals surface area contributed by atoms with E-state index in [1.807, 2.05) is 29.2 Å². The van der Waals surface area contributed by atoms with Crippen molar-refractivity contribution in [3.63, 3.8) is 0 Å². The van der Waals surface area contributed by atoms with Crippen molar-refractivity contribution in [1.82, 2.24) is 4.90 Å². The zero-order valence-corrected chi connectivity index (χ0v) is 14.5. The lowest BCUT2D eigenvalue weighted by molar-refractivity contribution is -0.330. The molecule has 4 nitrogen and oxygen atoms in total. The highest BCUT2D eigenvalue weighted by atomic mass is 35.5. The van der Waals surface area contributed by atoms with E-state index in [-0.39, 0.29) is 5.91 Å². The summed E-state index contributed by atoms with van der Waals surface area (Å²) in [5.74, 6) is 1.09. The predicted octanol–water partition coefficient (Wildman–Crippen LogP) is 3.27. The molecule has 1 fully saturated rings. The maximum Gasteiger partial charge on any atom is 0.274 e. The number of halogens is 1. The minimum atomic E-state index is 0.00717. The molecule has 2 heterocycles. The summed E-state index contributed by atoms with van der Waals surface area (Å²) in [6.45, 7) is 2.96. The molecule has 0 atom stereocenters. The summed E-state index contributed by atoms with van der Waals surface area (Å²) in [6, 6.07) is 19.7. The van der Waals surface area contributed by atoms with Crippen LogP contribution in [0.1, 0.15) is 10.4 Å². The number of benzene rings is 2. The van der Waals surface area contributed by atoms with Gasteiger partial charge in [0.05, 0.1) is 23.7 Å². The van der Waals surface area contributed by atoms with Crippen LogP contribution in [-0.2, 0) is 0 Å². The first-order valence-corrected chi connectivity index (χ1v) is 8.80. The van der Waals surface area contributed by atoms with Crippen molar-refractivity contribution in [2.45, 2.75) is 0 Å². The molecular formula is C20H19ClN3O+. The number of anilines is 1. The van der Waals surface area contributed by atoms with Gasteiger partial charge in [-0.25, -0.2) is 4.98 Å². The number of carbonyl (C=O) groups is 1. The van der Waals surface area contributed by atoms with Gasteiger partial charge in [0.1, 0.15) is 18.6 Å². The lowest BCUT2D eigenvalue weighted by Crippen LogP contribution is -2.50. The number of fused-ring (bicyclic) bond motifs is 1. The summed E-state index contributed by atoms with van der Waals surface area (Å²) in [5, 5.41) is 1.71. The van der Waals surface area contributed by atoms with Gasteiger partial charge in [0, 0.05) is 11.5 Å². The number of hydrogen-bond donors (Lipinski definition) is 0. The highest BCUT2D eigenvalue weighted by molar-refractivity contribution is 6.33. The van der Waals surface area contributed by atoms with Crippen molar-refractivity contribution in [3.05, 3.63) is 71.2 Å². The summed E-state index contributed by atoms with van der Waals surface area (Å²) in [4.78, 5) is 20.3. The molecule has 0 saturated carbocycles. The molecule has 25 heavy (non-hydrogen) atoms. The molecule has 0 unspecified atom stereocenters. The minimum Gasteiger partial charge on any atom is -0.331 e. The molecule has 126 valence electrons. The highest BCUT2D eigenvalue weighted by Crippen LogP contribution is 2.20. The Balaban J connectivity index is 1.47. The van der Waals surface area contributed by atoms with E-state index in [1.54, 1.807) is 12.1 Å². The maximum atomic E-state index is 12.7. The number of aromatic nitrogens is 1. The summed E-state index contributed by atoms with van der Waals surface area (Å²) in [6.07, 6.45) is 0. The van der Waals surface area contributed by atoms with E-state index in [2.05, 4.69) is 34.1 Å². The van der Waals surface area contributed by atoms with Gasteiger partial charge in [-0.15, -0.1) is 0 Å². The van der Waals surface area contributed by atoms with Gasteiger partial charge in [-0.2, -0.15) is 0 Å². The molecule has 5 heteroatoms. The summed E-state index contributed by atoms with van der Waals surface area (Å²) < 4.78 is 0. The number of hydrogen-bond acceptors (Lipinski definition) is 2. The van der Waals surface area contributed by atoms with Crippen LogP contribution in [0.5, 0.6) is 0 Å². The van der Waals surface area contributed by atoms with Crippen LogP contribution in [-0.4, -0.2) is 37.0 Å². The molecule has 1 saturated heterocycles. The zero-order valence-electron chi connectivity index (χ0n) is 13.8. The van der Waals surface area contributed by atoms with Gasteiger partial charge in [-0.05, 0) is 24.3 Å². The number of H-pyrrole nitrogens is 1. The third-order valence-electron chi connectivity index (χ3n) is 4.66. The van der Waals surface area contributed by atoms with Crippen molar-refractivity contribution in [2.24, 2.45) is 0 Å². The van der Waals surface area contributed by atoms with Crippen molar-refractivity contribution in [2.75, 3.05) is 31.1 Å². The van der Waals surface area contributed by atoms with E-state index >= 15 is 0 Å². The molecule has 0 radical (unpaired) electrons. The second-order valence-corrected chi connectivity index (χ2v) is 6.60. The third kappa shape index (κ3) is 3.17. The number of amides is 1. The maximum absolute atomic E-state index is 12.7. The number of para-hydroxylation sites is 1. The van der Waals surface area contributed by atoms with Crippen LogP contribution in [0.3, 0.4) is 0 Å². The van der Waals surface area contributed by atoms with Crippen molar-refractivity contribution >= 4 is 34.2 Å². The first kappa shape index (κ1) is 15.9. The van der Waals surface area contributed by atoms with Crippen LogP contribution in [0.25, 0.3) is 10.9 Å². The van der Waals surface area contributed by atoms with Gasteiger partial charge in [0.15, 0.2) is 0 Å². The standard InChI is InChI=1S/C20H18ClN3O/c21-17-7-3-2-6-16(17)20(25)24-13-11-23(12-14-24)19-10-9-15-5-1-4-8-18(15)22-19/h1-10H,11-14H2/p+1. The Morgan fingerprint density at radius 3 is 2.40 bits per heavy atom. The number of carbonyl (C=O) groups excluding carboxylic acids is 1. The topological polar surface area (TPSA) is 37.7 Å². The van der Waals surface area contributed by atoms with Gasteiger partial charge in [0.2, 0.25) is 0 Å². The minimum absolute atomic E-state index is 0.00717. The molecule has 1 amide bonds. The van der Waals surface area contributed by atoms with Gasteiger partial charge in [0.25, 0.3) is 11.7 Å². The van der Waals surface area contributed by atoms with Crippen LogP contribution in [0.2, 0.25) is 5.02 Å². The molecule has 0 aliphatic carbocycles. The molecule has 1 aliphatic rings. The number of piperazine rings is 1. The van der Waals surface area contributed by atoms with E-state index in [0.29, 0.717) is 23.7 Å². The average Bonchev–Trinajstić information content (AvgIpc) is 2.67. The predicted molar refractivity (Wildman–Crippen MR) is 100 cm³/mol. The van der Waals surface area contributed by atoms with Crippen LogP contribution in [0, 0.1) is 0 Å². The fourth-order valence-corrected chi connectivity index (χ4v) is 3.46.